The summed E-state index contributed by atoms with van der Waals surface area (Å²) >= 11 is 0. The number of hydrogen-bond donors (Lipinski definition) is 2. The third kappa shape index (κ3) is 5.13. The molecule has 0 saturated heterocycles. The van der Waals surface area contributed by atoms with Crippen LogP contribution >= 0.6 is 0 Å². The van der Waals surface area contributed by atoms with E-state index in [9.17, 15) is 9.59 Å². The minimum absolute atomic E-state index is 0.374. The van der Waals surface area contributed by atoms with E-state index in [0.717, 1.165) is 0 Å². The molecule has 0 aliphatic heterocycles. The highest BCUT2D eigenvalue weighted by atomic mass is 16.4. The van der Waals surface area contributed by atoms with Crippen molar-refractivity contribution < 1.29 is 14.7 Å². The Morgan fingerprint density at radius 1 is 1.43 bits per heavy atom. The van der Waals surface area contributed by atoms with E-state index in [1.807, 2.05) is 6.92 Å². The smallest absolute Gasteiger partial charge is 0.326 e. The van der Waals surface area contributed by atoms with Gasteiger partial charge in [-0.05, 0) is 13.3 Å². The first-order chi connectivity index (χ1) is 6.61. The first kappa shape index (κ1) is 12.4. The van der Waals surface area contributed by atoms with Gasteiger partial charge in [0.1, 0.15) is 6.04 Å². The Hall–Kier alpha value is -1.58. The van der Waals surface area contributed by atoms with Crippen molar-refractivity contribution in [3.8, 4) is 0 Å². The Bertz CT molecular complexity index is 256. The quantitative estimate of drug-likeness (QED) is 0.512. The van der Waals surface area contributed by atoms with Crippen LogP contribution in [0, 0.1) is 0 Å². The number of amides is 1. The molecule has 0 rings (SSSR count). The number of hydrogen-bond acceptors (Lipinski definition) is 2. The predicted octanol–water partition coefficient (Wildman–Crippen LogP) is 1.10. The number of carboxylic acids is 1. The van der Waals surface area contributed by atoms with Gasteiger partial charge in [0.15, 0.2) is 0 Å². The number of carbonyl (C=O) groups excluding carboxylic acids is 1. The van der Waals surface area contributed by atoms with Crippen LogP contribution in [0.2, 0.25) is 0 Å². The third-order valence-corrected chi connectivity index (χ3v) is 1.57. The summed E-state index contributed by atoms with van der Waals surface area (Å²) in [5.74, 6) is -1.40. The SMILES string of the molecule is C/C=C/C=C/C(=O)NC(CC)C(=O)O. The molecule has 14 heavy (non-hydrogen) atoms. The van der Waals surface area contributed by atoms with Gasteiger partial charge in [0, 0.05) is 6.08 Å². The molecule has 0 aliphatic rings. The van der Waals surface area contributed by atoms with Crippen LogP contribution in [0.1, 0.15) is 20.3 Å². The average Bonchev–Trinajstić information content (AvgIpc) is 2.14. The standard InChI is InChI=1S/C10H15NO3/c1-3-5-6-7-9(12)11-8(4-2)10(13)14/h3,5-8H,4H2,1-2H3,(H,11,12)(H,13,14)/b5-3+,7-6+. The van der Waals surface area contributed by atoms with Crippen LogP contribution in [0.5, 0.6) is 0 Å². The summed E-state index contributed by atoms with van der Waals surface area (Å²) < 4.78 is 0. The second-order valence-corrected chi connectivity index (χ2v) is 2.69. The molecule has 0 aromatic rings. The van der Waals surface area contributed by atoms with Crippen molar-refractivity contribution in [2.45, 2.75) is 26.3 Å². The summed E-state index contributed by atoms with van der Waals surface area (Å²) in [6.45, 7) is 3.53. The zero-order chi connectivity index (χ0) is 11.0. The average molecular weight is 197 g/mol. The summed E-state index contributed by atoms with van der Waals surface area (Å²) in [6, 6.07) is -0.808. The molecule has 0 bridgehead atoms. The van der Waals surface area contributed by atoms with Gasteiger partial charge in [-0.1, -0.05) is 25.2 Å². The molecule has 78 valence electrons. The lowest BCUT2D eigenvalue weighted by Gasteiger charge is -2.09. The molecule has 0 saturated carbocycles. The molecule has 0 aliphatic carbocycles. The molecule has 0 aromatic carbocycles. The largest absolute Gasteiger partial charge is 0.480 e. The van der Waals surface area contributed by atoms with Crippen molar-refractivity contribution in [3.05, 3.63) is 24.3 Å². The van der Waals surface area contributed by atoms with E-state index in [2.05, 4.69) is 5.32 Å². The summed E-state index contributed by atoms with van der Waals surface area (Å²) in [7, 11) is 0. The van der Waals surface area contributed by atoms with Gasteiger partial charge in [0.2, 0.25) is 5.91 Å². The summed E-state index contributed by atoms with van der Waals surface area (Å²) in [4.78, 5) is 21.6. The van der Waals surface area contributed by atoms with Gasteiger partial charge in [0.05, 0.1) is 0 Å². The van der Waals surface area contributed by atoms with Gasteiger partial charge >= 0.3 is 5.97 Å². The van der Waals surface area contributed by atoms with E-state index < -0.39 is 17.9 Å². The Kier molecular flexibility index (Phi) is 6.11. The normalized spacial score (nSPS) is 13.3. The molecule has 2 N–H and O–H groups in total. The summed E-state index contributed by atoms with van der Waals surface area (Å²) in [6.07, 6.45) is 6.70. The van der Waals surface area contributed by atoms with E-state index in [0.29, 0.717) is 6.42 Å². The van der Waals surface area contributed by atoms with E-state index in [4.69, 9.17) is 5.11 Å². The third-order valence-electron chi connectivity index (χ3n) is 1.57. The number of rotatable bonds is 5. The number of nitrogens with one attached hydrogen (secondary N) is 1. The van der Waals surface area contributed by atoms with Crippen molar-refractivity contribution in [1.29, 1.82) is 0 Å². The number of carbonyl (C=O) groups is 2. The van der Waals surface area contributed by atoms with E-state index >= 15 is 0 Å². The summed E-state index contributed by atoms with van der Waals surface area (Å²) in [5, 5.41) is 11.0. The topological polar surface area (TPSA) is 66.4 Å². The van der Waals surface area contributed by atoms with Crippen LogP contribution < -0.4 is 5.32 Å². The lowest BCUT2D eigenvalue weighted by molar-refractivity contribution is -0.141. The second kappa shape index (κ2) is 6.88. The second-order valence-electron chi connectivity index (χ2n) is 2.69. The van der Waals surface area contributed by atoms with Crippen LogP contribution in [0.25, 0.3) is 0 Å². The van der Waals surface area contributed by atoms with Gasteiger partial charge in [0.25, 0.3) is 0 Å². The van der Waals surface area contributed by atoms with Gasteiger partial charge in [-0.3, -0.25) is 4.79 Å². The molecular weight excluding hydrogens is 182 g/mol. The highest BCUT2D eigenvalue weighted by Crippen LogP contribution is 1.91. The Labute approximate surface area is 83.3 Å². The summed E-state index contributed by atoms with van der Waals surface area (Å²) in [5.41, 5.74) is 0. The highest BCUT2D eigenvalue weighted by Gasteiger charge is 2.15. The first-order valence-electron chi connectivity index (χ1n) is 4.44. The number of carboxylic acid groups (broad SMARTS) is 1. The lowest BCUT2D eigenvalue weighted by Crippen LogP contribution is -2.39. The van der Waals surface area contributed by atoms with Gasteiger partial charge in [-0.15, -0.1) is 0 Å². The maximum absolute atomic E-state index is 11.1. The van der Waals surface area contributed by atoms with E-state index in [-0.39, 0.29) is 0 Å². The monoisotopic (exact) mass is 197 g/mol. The van der Waals surface area contributed by atoms with Gasteiger partial charge in [-0.2, -0.15) is 0 Å². The zero-order valence-electron chi connectivity index (χ0n) is 8.36. The predicted molar refractivity (Wildman–Crippen MR) is 53.8 cm³/mol. The Morgan fingerprint density at radius 2 is 2.07 bits per heavy atom. The fourth-order valence-electron chi connectivity index (χ4n) is 0.812. The van der Waals surface area contributed by atoms with Crippen molar-refractivity contribution in [2.24, 2.45) is 0 Å². The van der Waals surface area contributed by atoms with E-state index in [1.165, 1.54) is 6.08 Å². The maximum Gasteiger partial charge on any atom is 0.326 e. The fourth-order valence-corrected chi connectivity index (χ4v) is 0.812. The molecule has 0 fully saturated rings. The van der Waals surface area contributed by atoms with Crippen LogP contribution in [-0.2, 0) is 9.59 Å². The molecule has 4 nitrogen and oxygen atoms in total. The molecule has 1 amide bonds. The van der Waals surface area contributed by atoms with Crippen molar-refractivity contribution in [3.63, 3.8) is 0 Å². The van der Waals surface area contributed by atoms with Gasteiger partial charge in [-0.25, -0.2) is 4.79 Å². The molecule has 4 heteroatoms. The first-order valence-corrected chi connectivity index (χ1v) is 4.44. The minimum atomic E-state index is -1.01. The number of allylic oxidation sites excluding steroid dienone is 3. The van der Waals surface area contributed by atoms with Crippen LogP contribution in [0.15, 0.2) is 24.3 Å². The fraction of sp³-hybridized carbons (Fsp3) is 0.400. The molecule has 0 spiro atoms. The Balaban J connectivity index is 4.09. The maximum atomic E-state index is 11.1. The van der Waals surface area contributed by atoms with E-state index in [1.54, 1.807) is 25.2 Å². The van der Waals surface area contributed by atoms with Crippen molar-refractivity contribution >= 4 is 11.9 Å². The minimum Gasteiger partial charge on any atom is -0.480 e. The zero-order valence-corrected chi connectivity index (χ0v) is 8.36. The van der Waals surface area contributed by atoms with Crippen LogP contribution in [-0.4, -0.2) is 23.0 Å². The molecule has 0 radical (unpaired) electrons. The van der Waals surface area contributed by atoms with Crippen LogP contribution in [0.4, 0.5) is 0 Å². The molecular formula is C10H15NO3. The molecule has 1 atom stereocenters. The number of aliphatic carboxylic acids is 1. The lowest BCUT2D eigenvalue weighted by atomic mass is 10.2. The molecule has 0 heterocycles. The van der Waals surface area contributed by atoms with Crippen LogP contribution in [0.3, 0.4) is 0 Å². The van der Waals surface area contributed by atoms with Crippen molar-refractivity contribution in [1.82, 2.24) is 5.32 Å². The van der Waals surface area contributed by atoms with Crippen molar-refractivity contribution in [2.75, 3.05) is 0 Å². The highest BCUT2D eigenvalue weighted by molar-refractivity contribution is 5.91. The molecule has 1 unspecified atom stereocenters. The van der Waals surface area contributed by atoms with Gasteiger partial charge < -0.3 is 10.4 Å². The molecule has 0 aromatic heterocycles. The Morgan fingerprint density at radius 3 is 2.50 bits per heavy atom.